The van der Waals surface area contributed by atoms with Crippen LogP contribution in [-0.2, 0) is 20.8 Å². The predicted molar refractivity (Wildman–Crippen MR) is 112 cm³/mol. The third-order valence-electron chi connectivity index (χ3n) is 7.25. The summed E-state index contributed by atoms with van der Waals surface area (Å²) < 4.78 is 0. The van der Waals surface area contributed by atoms with Gasteiger partial charge in [0, 0.05) is 25.7 Å². The van der Waals surface area contributed by atoms with Crippen LogP contribution in [0.3, 0.4) is 0 Å². The number of hydrogen-bond donors (Lipinski definition) is 2. The van der Waals surface area contributed by atoms with Crippen LogP contribution < -0.4 is 4.90 Å². The van der Waals surface area contributed by atoms with Gasteiger partial charge < -0.3 is 15.1 Å². The molecule has 0 bridgehead atoms. The van der Waals surface area contributed by atoms with Crippen LogP contribution in [0.15, 0.2) is 12.1 Å². The lowest BCUT2D eigenvalue weighted by atomic mass is 9.52. The van der Waals surface area contributed by atoms with Gasteiger partial charge in [-0.15, -0.1) is 0 Å². The van der Waals surface area contributed by atoms with E-state index in [9.17, 15) is 34.7 Å². The summed E-state index contributed by atoms with van der Waals surface area (Å²) in [6.07, 6.45) is 0.356. The smallest absolute Gasteiger partial charge is 0.197 e. The maximum Gasteiger partial charge on any atom is 0.197 e. The van der Waals surface area contributed by atoms with Crippen LogP contribution in [0.4, 0.5) is 5.69 Å². The van der Waals surface area contributed by atoms with Crippen molar-refractivity contribution in [3.8, 4) is 11.8 Å². The Morgan fingerprint density at radius 2 is 1.75 bits per heavy atom. The highest BCUT2D eigenvalue weighted by Gasteiger charge is 2.68. The molecular weight excluding hydrogens is 414 g/mol. The van der Waals surface area contributed by atoms with Crippen molar-refractivity contribution < 1.29 is 29.4 Å². The maximum atomic E-state index is 13.6. The topological polar surface area (TPSA) is 139 Å². The van der Waals surface area contributed by atoms with E-state index >= 15 is 0 Å². The van der Waals surface area contributed by atoms with Gasteiger partial charge in [-0.2, -0.15) is 5.26 Å². The number of aliphatic hydroxyl groups is 1. The zero-order valence-electron chi connectivity index (χ0n) is 18.3. The van der Waals surface area contributed by atoms with Crippen molar-refractivity contribution in [3.05, 3.63) is 23.3 Å². The SMILES string of the molecule is CN(C)c1ccc(O)c2c1C[C@H]1C[C@H]3[C@H](N(C)C)C(=O)C(C#N)C(=O)[C@@]3(O)C(=O)C1C2=O. The third-order valence-corrected chi connectivity index (χ3v) is 7.25. The second kappa shape index (κ2) is 7.22. The minimum absolute atomic E-state index is 0.0215. The van der Waals surface area contributed by atoms with E-state index in [1.165, 1.54) is 11.0 Å². The standard InChI is InChI=1S/C23H25N3O6/c1-25(2)14-5-6-15(27)17-11(14)7-10-8-13-18(26(3)4)19(28)12(9-24)21(30)23(13,32)22(31)16(10)20(17)29/h5-6,10,12-13,16,18,27,32H,7-8H2,1-4H3/t10-,12?,13-,16?,18-,23+/m0/s1. The molecule has 4 rings (SSSR count). The second-order valence-electron chi connectivity index (χ2n) is 9.37. The summed E-state index contributed by atoms with van der Waals surface area (Å²) in [7, 11) is 6.79. The Hall–Kier alpha value is -3.09. The minimum atomic E-state index is -2.60. The quantitative estimate of drug-likeness (QED) is 0.608. The van der Waals surface area contributed by atoms with Gasteiger partial charge in [0.15, 0.2) is 34.7 Å². The largest absolute Gasteiger partial charge is 0.507 e. The summed E-state index contributed by atoms with van der Waals surface area (Å²) in [4.78, 5) is 56.3. The molecule has 6 atom stereocenters. The number of carbonyl (C=O) groups is 4. The Labute approximate surface area is 185 Å². The summed E-state index contributed by atoms with van der Waals surface area (Å²) in [5, 5.41) is 31.3. The number of aromatic hydroxyl groups is 1. The second-order valence-corrected chi connectivity index (χ2v) is 9.37. The van der Waals surface area contributed by atoms with Crippen LogP contribution in [0.1, 0.15) is 22.3 Å². The van der Waals surface area contributed by atoms with E-state index in [1.54, 1.807) is 45.2 Å². The zero-order chi connectivity index (χ0) is 23.7. The molecule has 9 nitrogen and oxygen atoms in total. The Kier molecular flexibility index (Phi) is 4.99. The normalized spacial score (nSPS) is 34.0. The van der Waals surface area contributed by atoms with E-state index in [4.69, 9.17) is 0 Å². The molecule has 0 spiro atoms. The number of phenolic OH excluding ortho intramolecular Hbond substituents is 1. The van der Waals surface area contributed by atoms with Gasteiger partial charge in [0.1, 0.15) is 5.75 Å². The molecule has 0 aromatic heterocycles. The molecule has 1 aromatic rings. The predicted octanol–water partition coefficient (Wildman–Crippen LogP) is -0.0287. The first-order chi connectivity index (χ1) is 15.0. The molecule has 2 unspecified atom stereocenters. The third kappa shape index (κ3) is 2.69. The monoisotopic (exact) mass is 439 g/mol. The van der Waals surface area contributed by atoms with Gasteiger partial charge in [-0.25, -0.2) is 0 Å². The highest BCUT2D eigenvalue weighted by molar-refractivity contribution is 6.28. The van der Waals surface area contributed by atoms with E-state index in [0.29, 0.717) is 5.56 Å². The summed E-state index contributed by atoms with van der Waals surface area (Å²) >= 11 is 0. The Bertz CT molecular complexity index is 1100. The summed E-state index contributed by atoms with van der Waals surface area (Å²) in [6, 6.07) is 3.69. The Balaban J connectivity index is 1.89. The molecule has 168 valence electrons. The average Bonchev–Trinajstić information content (AvgIpc) is 2.70. The lowest BCUT2D eigenvalue weighted by Crippen LogP contribution is -2.72. The summed E-state index contributed by atoms with van der Waals surface area (Å²) in [5.74, 6) is -8.39. The van der Waals surface area contributed by atoms with Crippen molar-refractivity contribution in [1.29, 1.82) is 5.26 Å². The number of nitriles is 1. The van der Waals surface area contributed by atoms with Gasteiger partial charge in [0.2, 0.25) is 0 Å². The fourth-order valence-electron chi connectivity index (χ4n) is 5.86. The Morgan fingerprint density at radius 3 is 2.31 bits per heavy atom. The highest BCUT2D eigenvalue weighted by atomic mass is 16.3. The van der Waals surface area contributed by atoms with Crippen molar-refractivity contribution in [2.45, 2.75) is 24.5 Å². The van der Waals surface area contributed by atoms with Crippen LogP contribution in [0.25, 0.3) is 0 Å². The van der Waals surface area contributed by atoms with Crippen LogP contribution in [0.5, 0.6) is 5.75 Å². The van der Waals surface area contributed by atoms with Gasteiger partial charge in [0.05, 0.1) is 23.6 Å². The number of hydrogen-bond acceptors (Lipinski definition) is 9. The summed E-state index contributed by atoms with van der Waals surface area (Å²) in [5.41, 5.74) is -1.26. The molecular formula is C23H25N3O6. The van der Waals surface area contributed by atoms with Gasteiger partial charge in [-0.05, 0) is 50.6 Å². The fraction of sp³-hybridized carbons (Fsp3) is 0.522. The van der Waals surface area contributed by atoms with E-state index in [1.807, 2.05) is 0 Å². The van der Waals surface area contributed by atoms with Crippen LogP contribution in [-0.4, -0.2) is 78.1 Å². The van der Waals surface area contributed by atoms with Crippen molar-refractivity contribution in [3.63, 3.8) is 0 Å². The molecule has 2 fully saturated rings. The number of carbonyl (C=O) groups excluding carboxylic acids is 4. The van der Waals surface area contributed by atoms with E-state index in [0.717, 1.165) is 5.69 Å². The fourth-order valence-corrected chi connectivity index (χ4v) is 5.86. The highest BCUT2D eigenvalue weighted by Crippen LogP contribution is 2.51. The molecule has 3 aliphatic rings. The lowest BCUT2D eigenvalue weighted by molar-refractivity contribution is -0.179. The number of fused-ring (bicyclic) bond motifs is 3. The van der Waals surface area contributed by atoms with Crippen LogP contribution >= 0.6 is 0 Å². The molecule has 1 aromatic carbocycles. The first-order valence-corrected chi connectivity index (χ1v) is 10.4. The van der Waals surface area contributed by atoms with Crippen molar-refractivity contribution >= 4 is 28.8 Å². The zero-order valence-corrected chi connectivity index (χ0v) is 18.3. The van der Waals surface area contributed by atoms with Gasteiger partial charge in [-0.3, -0.25) is 24.1 Å². The van der Waals surface area contributed by atoms with Gasteiger partial charge in [0.25, 0.3) is 0 Å². The molecule has 0 saturated heterocycles. The average molecular weight is 439 g/mol. The molecule has 0 radical (unpaired) electrons. The number of phenols is 1. The van der Waals surface area contributed by atoms with Crippen molar-refractivity contribution in [2.75, 3.05) is 33.1 Å². The van der Waals surface area contributed by atoms with Crippen LogP contribution in [0, 0.1) is 35.0 Å². The minimum Gasteiger partial charge on any atom is -0.507 e. The maximum absolute atomic E-state index is 13.6. The Morgan fingerprint density at radius 1 is 1.09 bits per heavy atom. The van der Waals surface area contributed by atoms with E-state index < -0.39 is 58.4 Å². The summed E-state index contributed by atoms with van der Waals surface area (Å²) in [6.45, 7) is 0. The molecule has 0 aliphatic heterocycles. The number of likely N-dealkylation sites (N-methyl/N-ethyl adjacent to an activating group) is 1. The number of benzene rings is 1. The first kappa shape index (κ1) is 22.1. The van der Waals surface area contributed by atoms with E-state index in [2.05, 4.69) is 0 Å². The molecule has 3 aliphatic carbocycles. The first-order valence-electron chi connectivity index (χ1n) is 10.4. The van der Waals surface area contributed by atoms with Crippen molar-refractivity contribution in [1.82, 2.24) is 4.90 Å². The van der Waals surface area contributed by atoms with Crippen molar-refractivity contribution in [2.24, 2.45) is 23.7 Å². The van der Waals surface area contributed by atoms with Crippen LogP contribution in [0.2, 0.25) is 0 Å². The molecule has 9 heteroatoms. The number of nitrogens with zero attached hydrogens (tertiary/aromatic N) is 3. The molecule has 2 N–H and O–H groups in total. The number of rotatable bonds is 2. The molecule has 32 heavy (non-hydrogen) atoms. The van der Waals surface area contributed by atoms with Gasteiger partial charge in [-0.1, -0.05) is 0 Å². The van der Waals surface area contributed by atoms with Gasteiger partial charge >= 0.3 is 0 Å². The lowest BCUT2D eigenvalue weighted by Gasteiger charge is -2.52. The number of ketones is 4. The van der Waals surface area contributed by atoms with E-state index in [-0.39, 0.29) is 24.2 Å². The molecule has 0 heterocycles. The number of Topliss-reactive ketones (excluding diaryl/α,β-unsaturated/α-hetero) is 4. The molecule has 0 amide bonds. The number of anilines is 1. The molecule has 2 saturated carbocycles.